The fraction of sp³-hybridized carbons (Fsp3) is 0.267. The van der Waals surface area contributed by atoms with E-state index in [-0.39, 0.29) is 12.0 Å². The fourth-order valence-corrected chi connectivity index (χ4v) is 2.77. The van der Waals surface area contributed by atoms with E-state index in [1.54, 1.807) is 18.2 Å². The number of anilines is 1. The quantitative estimate of drug-likeness (QED) is 0.885. The zero-order chi connectivity index (χ0) is 14.7. The minimum Gasteiger partial charge on any atom is -0.489 e. The highest BCUT2D eigenvalue weighted by atomic mass is 35.5. The van der Waals surface area contributed by atoms with E-state index >= 15 is 0 Å². The molecule has 0 aliphatic heterocycles. The number of thiophene rings is 1. The van der Waals surface area contributed by atoms with Crippen LogP contribution in [0.15, 0.2) is 29.6 Å². The summed E-state index contributed by atoms with van der Waals surface area (Å²) in [5.74, 6) is 0.498. The summed E-state index contributed by atoms with van der Waals surface area (Å²) >= 11 is 7.56. The molecule has 106 valence electrons. The van der Waals surface area contributed by atoms with Gasteiger partial charge in [0, 0.05) is 5.69 Å². The molecule has 0 fully saturated rings. The average Bonchev–Trinajstić information content (AvgIpc) is 2.78. The van der Waals surface area contributed by atoms with Crippen molar-refractivity contribution < 1.29 is 9.53 Å². The summed E-state index contributed by atoms with van der Waals surface area (Å²) in [7, 11) is 0. The highest BCUT2D eigenvalue weighted by Gasteiger charge is 2.12. The van der Waals surface area contributed by atoms with E-state index < -0.39 is 0 Å². The van der Waals surface area contributed by atoms with Gasteiger partial charge in [-0.2, -0.15) is 0 Å². The Bertz CT molecular complexity index is 622. The minimum absolute atomic E-state index is 0.0571. The van der Waals surface area contributed by atoms with E-state index in [1.165, 1.54) is 11.3 Å². The predicted octanol–water partition coefficient (Wildman–Crippen LogP) is 4.75. The number of rotatable bonds is 4. The van der Waals surface area contributed by atoms with Crippen molar-refractivity contribution in [3.05, 3.63) is 45.1 Å². The van der Waals surface area contributed by atoms with Crippen molar-refractivity contribution in [2.75, 3.05) is 5.32 Å². The Morgan fingerprint density at radius 1 is 1.35 bits per heavy atom. The fourth-order valence-electron chi connectivity index (χ4n) is 1.72. The summed E-state index contributed by atoms with van der Waals surface area (Å²) in [6.07, 6.45) is 0.0571. The molecule has 1 aromatic carbocycles. The number of hydrogen-bond acceptors (Lipinski definition) is 3. The number of benzene rings is 1. The van der Waals surface area contributed by atoms with E-state index in [1.807, 2.05) is 32.2 Å². The molecule has 2 rings (SSSR count). The minimum atomic E-state index is -0.119. The molecule has 0 atom stereocenters. The van der Waals surface area contributed by atoms with Crippen molar-refractivity contribution in [1.82, 2.24) is 0 Å². The van der Waals surface area contributed by atoms with Crippen LogP contribution in [0.1, 0.15) is 29.1 Å². The first-order chi connectivity index (χ1) is 9.47. The summed E-state index contributed by atoms with van der Waals surface area (Å²) in [5, 5.41) is 5.22. The van der Waals surface area contributed by atoms with Gasteiger partial charge in [-0.3, -0.25) is 4.79 Å². The van der Waals surface area contributed by atoms with Crippen LogP contribution in [0.2, 0.25) is 5.02 Å². The van der Waals surface area contributed by atoms with Gasteiger partial charge in [-0.05, 0) is 56.0 Å². The zero-order valence-corrected chi connectivity index (χ0v) is 13.1. The molecule has 3 nitrogen and oxygen atoms in total. The summed E-state index contributed by atoms with van der Waals surface area (Å²) in [4.78, 5) is 12.8. The van der Waals surface area contributed by atoms with Gasteiger partial charge in [0.1, 0.15) is 5.75 Å². The maximum atomic E-state index is 12.1. The monoisotopic (exact) mass is 309 g/mol. The van der Waals surface area contributed by atoms with E-state index in [0.717, 1.165) is 5.56 Å². The Morgan fingerprint density at radius 2 is 2.10 bits per heavy atom. The molecule has 0 radical (unpaired) electrons. The lowest BCUT2D eigenvalue weighted by molar-refractivity contribution is 0.103. The largest absolute Gasteiger partial charge is 0.489 e. The van der Waals surface area contributed by atoms with Crippen LogP contribution in [-0.2, 0) is 0 Å². The van der Waals surface area contributed by atoms with Crippen molar-refractivity contribution in [2.45, 2.75) is 26.9 Å². The molecule has 20 heavy (non-hydrogen) atoms. The third-order valence-corrected chi connectivity index (χ3v) is 3.93. The van der Waals surface area contributed by atoms with Gasteiger partial charge < -0.3 is 10.1 Å². The predicted molar refractivity (Wildman–Crippen MR) is 84.2 cm³/mol. The second kappa shape index (κ2) is 6.29. The molecule has 0 aliphatic rings. The van der Waals surface area contributed by atoms with Gasteiger partial charge >= 0.3 is 0 Å². The molecule has 1 heterocycles. The second-order valence-electron chi connectivity index (χ2n) is 4.70. The lowest BCUT2D eigenvalue weighted by atomic mass is 10.2. The second-order valence-corrected chi connectivity index (χ2v) is 6.02. The topological polar surface area (TPSA) is 38.3 Å². The van der Waals surface area contributed by atoms with Crippen LogP contribution in [0, 0.1) is 6.92 Å². The number of aryl methyl sites for hydroxylation is 1. The van der Waals surface area contributed by atoms with E-state index in [4.69, 9.17) is 16.3 Å². The number of halogens is 1. The lowest BCUT2D eigenvalue weighted by Gasteiger charge is -2.12. The molecule has 5 heteroatoms. The van der Waals surface area contributed by atoms with Crippen LogP contribution in [-0.4, -0.2) is 12.0 Å². The van der Waals surface area contributed by atoms with Gasteiger partial charge in [0.2, 0.25) is 0 Å². The number of ether oxygens (including phenoxy) is 1. The van der Waals surface area contributed by atoms with Crippen LogP contribution >= 0.6 is 22.9 Å². The SMILES string of the molecule is Cc1ccsc1C(=O)Nc1ccc(OC(C)C)c(Cl)c1. The standard InChI is InChI=1S/C15H16ClNO2S/c1-9(2)19-13-5-4-11(8-12(13)16)17-15(18)14-10(3)6-7-20-14/h4-9H,1-3H3,(H,17,18). The first-order valence-electron chi connectivity index (χ1n) is 6.29. The average molecular weight is 310 g/mol. The Hall–Kier alpha value is -1.52. The molecule has 0 bridgehead atoms. The molecule has 0 unspecified atom stereocenters. The van der Waals surface area contributed by atoms with Gasteiger partial charge in [0.15, 0.2) is 0 Å². The van der Waals surface area contributed by atoms with Crippen LogP contribution in [0.5, 0.6) is 5.75 Å². The summed E-state index contributed by atoms with van der Waals surface area (Å²) in [5.41, 5.74) is 1.63. The van der Waals surface area contributed by atoms with Gasteiger partial charge in [-0.1, -0.05) is 11.6 Å². The molecule has 0 spiro atoms. The molecule has 1 aromatic heterocycles. The number of hydrogen-bond donors (Lipinski definition) is 1. The Morgan fingerprint density at radius 3 is 2.65 bits per heavy atom. The van der Waals surface area contributed by atoms with Gasteiger partial charge in [0.25, 0.3) is 5.91 Å². The Kier molecular flexibility index (Phi) is 4.68. The molecule has 0 saturated carbocycles. The van der Waals surface area contributed by atoms with Crippen LogP contribution in [0.3, 0.4) is 0 Å². The van der Waals surface area contributed by atoms with E-state index in [2.05, 4.69) is 5.32 Å². The van der Waals surface area contributed by atoms with Crippen molar-refractivity contribution in [3.63, 3.8) is 0 Å². The summed E-state index contributed by atoms with van der Waals surface area (Å²) < 4.78 is 5.55. The summed E-state index contributed by atoms with van der Waals surface area (Å²) in [6, 6.07) is 7.16. The Labute approximate surface area is 127 Å². The van der Waals surface area contributed by atoms with E-state index in [9.17, 15) is 4.79 Å². The first kappa shape index (κ1) is 14.9. The van der Waals surface area contributed by atoms with Crippen molar-refractivity contribution in [1.29, 1.82) is 0 Å². The maximum Gasteiger partial charge on any atom is 0.265 e. The van der Waals surface area contributed by atoms with E-state index in [0.29, 0.717) is 21.3 Å². The highest BCUT2D eigenvalue weighted by molar-refractivity contribution is 7.12. The summed E-state index contributed by atoms with van der Waals surface area (Å²) in [6.45, 7) is 5.79. The normalized spacial score (nSPS) is 10.7. The van der Waals surface area contributed by atoms with Crippen LogP contribution in [0.25, 0.3) is 0 Å². The van der Waals surface area contributed by atoms with Gasteiger partial charge in [-0.15, -0.1) is 11.3 Å². The first-order valence-corrected chi connectivity index (χ1v) is 7.55. The number of carbonyl (C=O) groups excluding carboxylic acids is 1. The smallest absolute Gasteiger partial charge is 0.265 e. The van der Waals surface area contributed by atoms with Crippen molar-refractivity contribution in [3.8, 4) is 5.75 Å². The third-order valence-electron chi connectivity index (χ3n) is 2.62. The number of amides is 1. The maximum absolute atomic E-state index is 12.1. The molecule has 1 N–H and O–H groups in total. The highest BCUT2D eigenvalue weighted by Crippen LogP contribution is 2.29. The van der Waals surface area contributed by atoms with Gasteiger partial charge in [-0.25, -0.2) is 0 Å². The van der Waals surface area contributed by atoms with Crippen molar-refractivity contribution >= 4 is 34.5 Å². The number of nitrogens with one attached hydrogen (secondary N) is 1. The Balaban J connectivity index is 2.13. The zero-order valence-electron chi connectivity index (χ0n) is 11.6. The third kappa shape index (κ3) is 3.52. The molecule has 0 saturated heterocycles. The molecule has 1 amide bonds. The van der Waals surface area contributed by atoms with Crippen molar-refractivity contribution in [2.24, 2.45) is 0 Å². The molecular weight excluding hydrogens is 294 g/mol. The van der Waals surface area contributed by atoms with Gasteiger partial charge in [0.05, 0.1) is 16.0 Å². The molecule has 0 aliphatic carbocycles. The molecule has 2 aromatic rings. The number of carbonyl (C=O) groups is 1. The van der Waals surface area contributed by atoms with Crippen LogP contribution < -0.4 is 10.1 Å². The molecular formula is C15H16ClNO2S. The van der Waals surface area contributed by atoms with Crippen LogP contribution in [0.4, 0.5) is 5.69 Å². The lowest BCUT2D eigenvalue weighted by Crippen LogP contribution is -2.11.